The van der Waals surface area contributed by atoms with Crippen LogP contribution in [-0.4, -0.2) is 0 Å². The summed E-state index contributed by atoms with van der Waals surface area (Å²) >= 11 is 3.66. The van der Waals surface area contributed by atoms with Crippen LogP contribution in [0, 0.1) is 0 Å². The normalized spacial score (nSPS) is 12.4. The molecular weight excluding hydrogens is 340 g/mol. The van der Waals surface area contributed by atoms with Crippen LogP contribution in [0.25, 0.3) is 0 Å². The highest BCUT2D eigenvalue weighted by molar-refractivity contribution is 9.10. The predicted octanol–water partition coefficient (Wildman–Crippen LogP) is 4.90. The Morgan fingerprint density at radius 1 is 0.773 bits per heavy atom. The van der Waals surface area contributed by atoms with E-state index in [1.807, 2.05) is 54.6 Å². The van der Waals surface area contributed by atoms with Gasteiger partial charge in [0, 0.05) is 10.5 Å². The first-order chi connectivity index (χ1) is 10.8. The van der Waals surface area contributed by atoms with Crippen molar-refractivity contribution in [2.75, 3.05) is 4.90 Å². The second-order valence-electron chi connectivity index (χ2n) is 5.12. The lowest BCUT2D eigenvalue weighted by molar-refractivity contribution is -0.253. The summed E-state index contributed by atoms with van der Waals surface area (Å²) in [4.78, 5) is 2.20. The van der Waals surface area contributed by atoms with Crippen molar-refractivity contribution >= 4 is 38.7 Å². The van der Waals surface area contributed by atoms with Crippen molar-refractivity contribution < 1.29 is 10.5 Å². The number of ether oxygens (including phenoxy) is 1. The smallest absolute Gasteiger partial charge is 0.157 e. The van der Waals surface area contributed by atoms with Gasteiger partial charge in [0.1, 0.15) is 0 Å². The van der Waals surface area contributed by atoms with Gasteiger partial charge in [0.2, 0.25) is 0 Å². The van der Waals surface area contributed by atoms with Gasteiger partial charge in [-0.05, 0) is 46.3 Å². The van der Waals surface area contributed by atoms with Crippen molar-refractivity contribution in [3.8, 4) is 11.5 Å². The summed E-state index contributed by atoms with van der Waals surface area (Å²) in [6.45, 7) is 0. The Balaban J connectivity index is 2.04. The van der Waals surface area contributed by atoms with Gasteiger partial charge in [0.25, 0.3) is 0 Å². The molecule has 0 fully saturated rings. The maximum absolute atomic E-state index is 6.05. The molecule has 0 bridgehead atoms. The minimum Gasteiger partial charge on any atom is -0.453 e. The molecule has 0 saturated heterocycles. The SMILES string of the molecule is [NH3+]c1cccc2c1N(c1ccccc1Br)c1ccccc1O2. The number of halogens is 1. The van der Waals surface area contributed by atoms with E-state index in [-0.39, 0.29) is 0 Å². The number of fused-ring (bicyclic) bond motifs is 2. The van der Waals surface area contributed by atoms with E-state index in [2.05, 4.69) is 38.7 Å². The van der Waals surface area contributed by atoms with E-state index in [9.17, 15) is 0 Å². The summed E-state index contributed by atoms with van der Waals surface area (Å²) in [5.74, 6) is 1.67. The predicted molar refractivity (Wildman–Crippen MR) is 91.4 cm³/mol. The van der Waals surface area contributed by atoms with Gasteiger partial charge in [0.05, 0.1) is 11.4 Å². The van der Waals surface area contributed by atoms with Gasteiger partial charge in [-0.1, -0.05) is 30.3 Å². The molecule has 108 valence electrons. The van der Waals surface area contributed by atoms with Crippen LogP contribution in [-0.2, 0) is 0 Å². The summed E-state index contributed by atoms with van der Waals surface area (Å²) in [5.41, 5.74) is 8.17. The fourth-order valence-electron chi connectivity index (χ4n) is 2.75. The zero-order valence-corrected chi connectivity index (χ0v) is 13.4. The maximum atomic E-state index is 6.05. The van der Waals surface area contributed by atoms with E-state index < -0.39 is 0 Å². The largest absolute Gasteiger partial charge is 0.453 e. The number of rotatable bonds is 1. The summed E-state index contributed by atoms with van der Waals surface area (Å²) in [7, 11) is 0. The lowest BCUT2D eigenvalue weighted by Gasteiger charge is -2.33. The molecule has 0 unspecified atom stereocenters. The standard InChI is InChI=1S/C18H13BrN2O/c19-12-6-1-2-8-14(12)21-15-9-3-4-10-16(15)22-17-11-5-7-13(20)18(17)21/h1-11H,20H2/p+1. The molecule has 3 aromatic rings. The Labute approximate surface area is 137 Å². The quantitative estimate of drug-likeness (QED) is 0.528. The number of nitrogens with zero attached hydrogens (tertiary/aromatic N) is 1. The van der Waals surface area contributed by atoms with E-state index in [1.165, 1.54) is 0 Å². The van der Waals surface area contributed by atoms with E-state index >= 15 is 0 Å². The van der Waals surface area contributed by atoms with Crippen LogP contribution >= 0.6 is 15.9 Å². The van der Waals surface area contributed by atoms with Gasteiger partial charge < -0.3 is 10.5 Å². The van der Waals surface area contributed by atoms with Crippen molar-refractivity contribution in [1.29, 1.82) is 0 Å². The van der Waals surface area contributed by atoms with Crippen LogP contribution < -0.4 is 15.4 Å². The Morgan fingerprint density at radius 3 is 2.27 bits per heavy atom. The Kier molecular flexibility index (Phi) is 3.13. The maximum Gasteiger partial charge on any atom is 0.157 e. The summed E-state index contributed by atoms with van der Waals surface area (Å²) < 4.78 is 7.08. The average molecular weight is 354 g/mol. The number of anilines is 3. The van der Waals surface area contributed by atoms with Gasteiger partial charge in [-0.3, -0.25) is 4.90 Å². The van der Waals surface area contributed by atoms with Gasteiger partial charge in [-0.15, -0.1) is 0 Å². The molecule has 0 aliphatic carbocycles. The topological polar surface area (TPSA) is 40.1 Å². The van der Waals surface area contributed by atoms with Crippen molar-refractivity contribution in [2.24, 2.45) is 0 Å². The summed E-state index contributed by atoms with van der Waals surface area (Å²) in [6, 6.07) is 22.2. The zero-order valence-electron chi connectivity index (χ0n) is 11.8. The van der Waals surface area contributed by atoms with Crippen LogP contribution in [0.2, 0.25) is 0 Å². The molecular formula is C18H14BrN2O+. The Hall–Kier alpha value is -2.30. The van der Waals surface area contributed by atoms with Crippen molar-refractivity contribution in [2.45, 2.75) is 0 Å². The summed E-state index contributed by atoms with van der Waals surface area (Å²) in [5, 5.41) is 0. The molecule has 4 heteroatoms. The molecule has 4 rings (SSSR count). The molecule has 22 heavy (non-hydrogen) atoms. The Morgan fingerprint density at radius 2 is 1.45 bits per heavy atom. The first-order valence-corrected chi connectivity index (χ1v) is 7.81. The number of quaternary nitrogens is 1. The lowest BCUT2D eigenvalue weighted by Crippen LogP contribution is -2.42. The Bertz CT molecular complexity index is 852. The van der Waals surface area contributed by atoms with E-state index in [1.54, 1.807) is 0 Å². The molecule has 0 radical (unpaired) electrons. The minimum absolute atomic E-state index is 0.821. The molecule has 1 heterocycles. The molecule has 1 aliphatic heterocycles. The first kappa shape index (κ1) is 13.4. The second-order valence-corrected chi connectivity index (χ2v) is 5.97. The monoisotopic (exact) mass is 353 g/mol. The number of benzene rings is 3. The number of para-hydroxylation sites is 4. The van der Waals surface area contributed by atoms with Crippen molar-refractivity contribution in [3.05, 3.63) is 71.2 Å². The first-order valence-electron chi connectivity index (χ1n) is 7.02. The van der Waals surface area contributed by atoms with Crippen LogP contribution in [0.15, 0.2) is 71.2 Å². The van der Waals surface area contributed by atoms with E-state index in [0.29, 0.717) is 0 Å². The van der Waals surface area contributed by atoms with Crippen LogP contribution in [0.1, 0.15) is 0 Å². The number of hydrogen-bond donors (Lipinski definition) is 1. The van der Waals surface area contributed by atoms with Crippen LogP contribution in [0.5, 0.6) is 11.5 Å². The van der Waals surface area contributed by atoms with Gasteiger partial charge in [-0.2, -0.15) is 0 Å². The van der Waals surface area contributed by atoms with Crippen LogP contribution in [0.4, 0.5) is 22.7 Å². The third-order valence-corrected chi connectivity index (χ3v) is 4.40. The highest BCUT2D eigenvalue weighted by Gasteiger charge is 2.29. The number of hydrogen-bond acceptors (Lipinski definition) is 2. The molecule has 1 aliphatic rings. The fraction of sp³-hybridized carbons (Fsp3) is 0. The van der Waals surface area contributed by atoms with Gasteiger partial charge in [-0.25, -0.2) is 0 Å². The van der Waals surface area contributed by atoms with Crippen LogP contribution in [0.3, 0.4) is 0 Å². The van der Waals surface area contributed by atoms with E-state index in [4.69, 9.17) is 4.74 Å². The molecule has 3 aromatic carbocycles. The molecule has 0 saturated carbocycles. The average Bonchev–Trinajstić information content (AvgIpc) is 2.54. The minimum atomic E-state index is 0.821. The summed E-state index contributed by atoms with van der Waals surface area (Å²) in [6.07, 6.45) is 0. The van der Waals surface area contributed by atoms with Gasteiger partial charge >= 0.3 is 0 Å². The zero-order chi connectivity index (χ0) is 15.1. The van der Waals surface area contributed by atoms with E-state index in [0.717, 1.165) is 38.7 Å². The van der Waals surface area contributed by atoms with Gasteiger partial charge in [0.15, 0.2) is 22.9 Å². The third-order valence-electron chi connectivity index (χ3n) is 3.73. The third kappa shape index (κ3) is 2.00. The van der Waals surface area contributed by atoms with Crippen molar-refractivity contribution in [3.63, 3.8) is 0 Å². The second kappa shape index (κ2) is 5.16. The molecule has 0 atom stereocenters. The lowest BCUT2D eigenvalue weighted by atomic mass is 10.1. The highest BCUT2D eigenvalue weighted by atomic mass is 79.9. The molecule has 3 nitrogen and oxygen atoms in total. The highest BCUT2D eigenvalue weighted by Crippen LogP contribution is 2.53. The molecule has 0 spiro atoms. The molecule has 3 N–H and O–H groups in total. The van der Waals surface area contributed by atoms with Crippen molar-refractivity contribution in [1.82, 2.24) is 0 Å². The fourth-order valence-corrected chi connectivity index (χ4v) is 3.22. The molecule has 0 amide bonds. The molecule has 0 aromatic heterocycles.